The molecule has 12 rings (SSSR count). The Labute approximate surface area is 346 Å². The largest absolute Gasteiger partial charge is 0.307 e. The summed E-state index contributed by atoms with van der Waals surface area (Å²) in [5, 5.41) is 5.47. The van der Waals surface area contributed by atoms with Gasteiger partial charge in [-0.2, -0.15) is 0 Å². The summed E-state index contributed by atoms with van der Waals surface area (Å²) >= 11 is 0. The molecule has 3 nitrogen and oxygen atoms in total. The standard InChI is InChI=1S/C54H35N3/c1-3-18-36(19-4-1)38-26-15-27-39(37-20-5-2-6-21-37)52(38)57-49-33-14-10-25-43(49)45-29-17-35-51(54(45)57)56-48-32-13-9-24-42(48)44-28-16-34-50(53(44)56)55-46-30-11-7-22-40(46)41-23-8-12-31-47(41)55/h1-35H/i1D,2D,3D,4D,5D,15D,18D,19D,20D,21D,26D,27D. The van der Waals surface area contributed by atoms with E-state index in [0.29, 0.717) is 27.5 Å². The maximum Gasteiger partial charge on any atom is 0.0783 e. The van der Waals surface area contributed by atoms with Gasteiger partial charge in [-0.05, 0) is 47.5 Å². The van der Waals surface area contributed by atoms with Crippen molar-refractivity contribution in [2.45, 2.75) is 0 Å². The van der Waals surface area contributed by atoms with E-state index in [1.54, 1.807) is 4.57 Å². The third-order valence-corrected chi connectivity index (χ3v) is 11.0. The van der Waals surface area contributed by atoms with Gasteiger partial charge in [0.1, 0.15) is 0 Å². The highest BCUT2D eigenvalue weighted by atomic mass is 15.1. The normalized spacial score (nSPS) is 14.8. The van der Waals surface area contributed by atoms with Gasteiger partial charge in [-0.25, -0.2) is 0 Å². The van der Waals surface area contributed by atoms with Gasteiger partial charge in [0.15, 0.2) is 0 Å². The Morgan fingerprint density at radius 1 is 0.298 bits per heavy atom. The van der Waals surface area contributed by atoms with Crippen LogP contribution in [-0.2, 0) is 0 Å². The molecule has 0 amide bonds. The highest BCUT2D eigenvalue weighted by Crippen LogP contribution is 2.45. The minimum absolute atomic E-state index is 0.0966. The first-order valence-corrected chi connectivity index (χ1v) is 18.6. The maximum atomic E-state index is 9.69. The van der Waals surface area contributed by atoms with Crippen LogP contribution in [0.1, 0.15) is 16.4 Å². The summed E-state index contributed by atoms with van der Waals surface area (Å²) in [6.07, 6.45) is 0. The quantitative estimate of drug-likeness (QED) is 0.167. The SMILES string of the molecule is [2H]c1cc([2H])c(-c2c([2H])c([2H])c([2H])c(-c3c([2H])c([2H])c([2H])c([2H])c3[2H])c2-n2c3ccccc3c3cccc(-n4c5ccccc5c5cccc(-n6c7ccccc7c7ccccc76)c54)c32)c([2H])c1[2H]. The lowest BCUT2D eigenvalue weighted by Gasteiger charge is -2.21. The van der Waals surface area contributed by atoms with Gasteiger partial charge in [0.2, 0.25) is 0 Å². The smallest absolute Gasteiger partial charge is 0.0783 e. The van der Waals surface area contributed by atoms with Crippen LogP contribution in [0.5, 0.6) is 0 Å². The fraction of sp³-hybridized carbons (Fsp3) is 0. The van der Waals surface area contributed by atoms with E-state index in [1.165, 1.54) is 0 Å². The van der Waals surface area contributed by atoms with Crippen molar-refractivity contribution in [3.05, 3.63) is 212 Å². The molecule has 0 fully saturated rings. The summed E-state index contributed by atoms with van der Waals surface area (Å²) in [4.78, 5) is 0. The molecule has 0 radical (unpaired) electrons. The fourth-order valence-electron chi connectivity index (χ4n) is 8.80. The molecule has 3 heteroatoms. The lowest BCUT2D eigenvalue weighted by molar-refractivity contribution is 1.11. The number of para-hydroxylation sites is 7. The number of benzene rings is 9. The maximum absolute atomic E-state index is 9.69. The highest BCUT2D eigenvalue weighted by molar-refractivity contribution is 6.18. The summed E-state index contributed by atoms with van der Waals surface area (Å²) in [5.74, 6) is 0. The average Bonchev–Trinajstić information content (AvgIpc) is 4.01. The van der Waals surface area contributed by atoms with Crippen LogP contribution in [0.2, 0.25) is 0 Å². The van der Waals surface area contributed by atoms with Gasteiger partial charge in [0.25, 0.3) is 0 Å². The van der Waals surface area contributed by atoms with Gasteiger partial charge in [-0.1, -0.05) is 176 Å². The summed E-state index contributed by atoms with van der Waals surface area (Å²) in [7, 11) is 0. The predicted molar refractivity (Wildman–Crippen MR) is 240 cm³/mol. The number of hydrogen-bond donors (Lipinski definition) is 0. The molecule has 0 saturated heterocycles. The third-order valence-electron chi connectivity index (χ3n) is 11.0. The second kappa shape index (κ2) is 12.5. The van der Waals surface area contributed by atoms with Gasteiger partial charge < -0.3 is 13.7 Å². The Morgan fingerprint density at radius 3 is 1.30 bits per heavy atom. The van der Waals surface area contributed by atoms with Gasteiger partial charge in [0.05, 0.1) is 66.6 Å². The van der Waals surface area contributed by atoms with Crippen molar-refractivity contribution in [3.8, 4) is 39.3 Å². The van der Waals surface area contributed by atoms with Crippen molar-refractivity contribution in [3.63, 3.8) is 0 Å². The van der Waals surface area contributed by atoms with E-state index in [-0.39, 0.29) is 22.4 Å². The number of aromatic nitrogens is 3. The zero-order chi connectivity index (χ0) is 47.9. The van der Waals surface area contributed by atoms with E-state index in [2.05, 4.69) is 51.6 Å². The summed E-state index contributed by atoms with van der Waals surface area (Å²) in [6, 6.07) is 38.0. The summed E-state index contributed by atoms with van der Waals surface area (Å²) in [6.45, 7) is 0. The number of fused-ring (bicyclic) bond motifs is 9. The number of nitrogens with zero attached hydrogens (tertiary/aromatic N) is 3. The average molecular weight is 738 g/mol. The molecule has 57 heavy (non-hydrogen) atoms. The topological polar surface area (TPSA) is 14.8 Å². The second-order valence-corrected chi connectivity index (χ2v) is 14.0. The number of hydrogen-bond acceptors (Lipinski definition) is 0. The zero-order valence-electron chi connectivity index (χ0n) is 42.1. The molecule has 0 spiro atoms. The lowest BCUT2D eigenvalue weighted by Crippen LogP contribution is -2.05. The molecule has 0 atom stereocenters. The van der Waals surface area contributed by atoms with Crippen molar-refractivity contribution in [1.82, 2.24) is 13.7 Å². The molecule has 0 aliphatic rings. The van der Waals surface area contributed by atoms with Gasteiger partial charge in [-0.15, -0.1) is 0 Å². The van der Waals surface area contributed by atoms with Crippen molar-refractivity contribution in [2.24, 2.45) is 0 Å². The Morgan fingerprint density at radius 2 is 0.719 bits per heavy atom. The monoisotopic (exact) mass is 737 g/mol. The van der Waals surface area contributed by atoms with Crippen LogP contribution >= 0.6 is 0 Å². The van der Waals surface area contributed by atoms with Crippen LogP contribution < -0.4 is 0 Å². The van der Waals surface area contributed by atoms with Crippen molar-refractivity contribution >= 4 is 65.4 Å². The minimum Gasteiger partial charge on any atom is -0.307 e. The predicted octanol–water partition coefficient (Wildman–Crippen LogP) is 14.3. The highest BCUT2D eigenvalue weighted by Gasteiger charge is 2.25. The first-order valence-electron chi connectivity index (χ1n) is 24.6. The van der Waals surface area contributed by atoms with E-state index in [0.717, 1.165) is 55.4 Å². The van der Waals surface area contributed by atoms with E-state index >= 15 is 0 Å². The van der Waals surface area contributed by atoms with E-state index in [4.69, 9.17) is 6.85 Å². The van der Waals surface area contributed by atoms with Crippen LogP contribution in [0.25, 0.3) is 105 Å². The van der Waals surface area contributed by atoms with E-state index in [9.17, 15) is 9.60 Å². The molecular weight excluding hydrogens is 691 g/mol. The second-order valence-electron chi connectivity index (χ2n) is 14.0. The van der Waals surface area contributed by atoms with Gasteiger partial charge in [0, 0.05) is 43.4 Å². The molecule has 3 aromatic heterocycles. The van der Waals surface area contributed by atoms with Crippen LogP contribution in [0.4, 0.5) is 0 Å². The zero-order valence-corrected chi connectivity index (χ0v) is 30.1. The van der Waals surface area contributed by atoms with Gasteiger partial charge in [-0.3, -0.25) is 0 Å². The first-order chi connectivity index (χ1) is 33.3. The van der Waals surface area contributed by atoms with E-state index < -0.39 is 78.1 Å². The molecule has 0 aliphatic carbocycles. The summed E-state index contributed by atoms with van der Waals surface area (Å²) < 4.78 is 115. The van der Waals surface area contributed by atoms with Crippen LogP contribution in [0.3, 0.4) is 0 Å². The molecule has 266 valence electrons. The van der Waals surface area contributed by atoms with Crippen molar-refractivity contribution in [2.75, 3.05) is 0 Å². The Hall–Kier alpha value is -7.62. The van der Waals surface area contributed by atoms with Gasteiger partial charge >= 0.3 is 0 Å². The molecule has 0 unspecified atom stereocenters. The van der Waals surface area contributed by atoms with Crippen molar-refractivity contribution in [1.29, 1.82) is 0 Å². The fourth-order valence-corrected chi connectivity index (χ4v) is 8.80. The molecule has 0 aliphatic heterocycles. The van der Waals surface area contributed by atoms with Crippen molar-refractivity contribution < 1.29 is 16.4 Å². The Bertz CT molecular complexity index is 4160. The van der Waals surface area contributed by atoms with E-state index in [1.807, 2.05) is 91.0 Å². The van der Waals surface area contributed by atoms with Crippen LogP contribution in [0.15, 0.2) is 212 Å². The first kappa shape index (κ1) is 22.1. The Balaban J connectivity index is 1.34. The molecule has 0 N–H and O–H groups in total. The third kappa shape index (κ3) is 4.60. The lowest BCUT2D eigenvalue weighted by atomic mass is 9.95. The molecule has 0 saturated carbocycles. The molecule has 0 bridgehead atoms. The number of rotatable bonds is 5. The van der Waals surface area contributed by atoms with Crippen LogP contribution in [0, 0.1) is 0 Å². The van der Waals surface area contributed by atoms with Crippen LogP contribution in [-0.4, -0.2) is 13.7 Å². The molecule has 9 aromatic carbocycles. The minimum atomic E-state index is -0.685. The molecular formula is C54H35N3. The molecule has 3 heterocycles. The Kier molecular flexibility index (Phi) is 4.82. The molecule has 12 aromatic rings. The summed E-state index contributed by atoms with van der Waals surface area (Å²) in [5.41, 5.74) is 4.85.